The van der Waals surface area contributed by atoms with Crippen molar-refractivity contribution in [2.75, 3.05) is 11.9 Å². The fourth-order valence-electron chi connectivity index (χ4n) is 2.95. The monoisotopic (exact) mass is 362 g/mol. The summed E-state index contributed by atoms with van der Waals surface area (Å²) in [6.07, 6.45) is 15.9. The van der Waals surface area contributed by atoms with E-state index in [-0.39, 0.29) is 0 Å². The van der Waals surface area contributed by atoms with Gasteiger partial charge in [-0.05, 0) is 49.2 Å². The van der Waals surface area contributed by atoms with Gasteiger partial charge in [0.15, 0.2) is 5.11 Å². The Hall–Kier alpha value is -1.09. The van der Waals surface area contributed by atoms with Gasteiger partial charge in [0.25, 0.3) is 0 Å². The number of benzene rings is 1. The summed E-state index contributed by atoms with van der Waals surface area (Å²) in [5, 5.41) is 7.33. The summed E-state index contributed by atoms with van der Waals surface area (Å²) in [7, 11) is 0. The first-order valence-corrected chi connectivity index (χ1v) is 10.8. The van der Waals surface area contributed by atoms with Crippen molar-refractivity contribution >= 4 is 23.0 Å². The quantitative estimate of drug-likeness (QED) is 0.280. The van der Waals surface area contributed by atoms with Crippen molar-refractivity contribution in [2.24, 2.45) is 0 Å². The van der Waals surface area contributed by atoms with Crippen molar-refractivity contribution in [1.82, 2.24) is 5.32 Å². The number of thiocarbonyl (C=S) groups is 1. The third-order valence-electron chi connectivity index (χ3n) is 4.60. The van der Waals surface area contributed by atoms with Gasteiger partial charge in [0.2, 0.25) is 0 Å². The lowest BCUT2D eigenvalue weighted by molar-refractivity contribution is 0.563. The van der Waals surface area contributed by atoms with Gasteiger partial charge in [-0.1, -0.05) is 83.8 Å². The molecule has 0 radical (unpaired) electrons. The van der Waals surface area contributed by atoms with Gasteiger partial charge in [0.05, 0.1) is 0 Å². The van der Waals surface area contributed by atoms with Crippen LogP contribution in [0.25, 0.3) is 0 Å². The van der Waals surface area contributed by atoms with E-state index in [0.717, 1.165) is 23.8 Å². The third-order valence-corrected chi connectivity index (χ3v) is 4.84. The van der Waals surface area contributed by atoms with Gasteiger partial charge in [0, 0.05) is 12.2 Å². The Morgan fingerprint density at radius 1 is 0.760 bits per heavy atom. The molecule has 0 saturated carbocycles. The van der Waals surface area contributed by atoms with Crippen LogP contribution in [-0.4, -0.2) is 11.7 Å². The molecule has 0 atom stereocenters. The lowest BCUT2D eigenvalue weighted by Gasteiger charge is -2.11. The van der Waals surface area contributed by atoms with Gasteiger partial charge < -0.3 is 10.6 Å². The maximum Gasteiger partial charge on any atom is 0.170 e. The largest absolute Gasteiger partial charge is 0.362 e. The Morgan fingerprint density at radius 3 is 1.92 bits per heavy atom. The van der Waals surface area contributed by atoms with Gasteiger partial charge >= 0.3 is 0 Å². The molecular weight excluding hydrogens is 324 g/mol. The summed E-state index contributed by atoms with van der Waals surface area (Å²) >= 11 is 5.38. The predicted octanol–water partition coefficient (Wildman–Crippen LogP) is 6.85. The fourth-order valence-corrected chi connectivity index (χ4v) is 3.17. The molecule has 1 aromatic rings. The minimum atomic E-state index is 0.737. The van der Waals surface area contributed by atoms with Gasteiger partial charge in [-0.3, -0.25) is 0 Å². The summed E-state index contributed by atoms with van der Waals surface area (Å²) in [5.41, 5.74) is 2.48. The van der Waals surface area contributed by atoms with Crippen LogP contribution >= 0.6 is 12.2 Å². The van der Waals surface area contributed by atoms with Crippen LogP contribution in [0.5, 0.6) is 0 Å². The van der Waals surface area contributed by atoms with Crippen molar-refractivity contribution in [3.05, 3.63) is 29.8 Å². The molecule has 0 bridgehead atoms. The first kappa shape index (κ1) is 22.0. The highest BCUT2D eigenvalue weighted by molar-refractivity contribution is 7.80. The molecule has 1 rings (SSSR count). The standard InChI is InChI=1S/C22H38N2S/c1-3-5-7-8-9-10-11-12-13-19-23-22(25)24-21-17-15-20(16-18-21)14-6-4-2/h15-18H,3-14,19H2,1-2H3,(H2,23,24,25). The molecule has 0 spiro atoms. The number of nitrogens with one attached hydrogen (secondary N) is 2. The molecule has 0 aliphatic rings. The molecule has 0 aromatic heterocycles. The van der Waals surface area contributed by atoms with Gasteiger partial charge in [-0.2, -0.15) is 0 Å². The SMILES string of the molecule is CCCCCCCCCCCNC(=S)Nc1ccc(CCCC)cc1. The number of aryl methyl sites for hydroxylation is 1. The highest BCUT2D eigenvalue weighted by Gasteiger charge is 1.98. The summed E-state index contributed by atoms with van der Waals surface area (Å²) in [6.45, 7) is 5.47. The Bertz CT molecular complexity index is 442. The molecule has 0 fully saturated rings. The van der Waals surface area contributed by atoms with E-state index in [1.165, 1.54) is 76.2 Å². The number of hydrogen-bond acceptors (Lipinski definition) is 1. The average molecular weight is 363 g/mol. The molecular formula is C22H38N2S. The number of hydrogen-bond donors (Lipinski definition) is 2. The summed E-state index contributed by atoms with van der Waals surface area (Å²) in [6, 6.07) is 8.64. The number of rotatable bonds is 14. The summed E-state index contributed by atoms with van der Waals surface area (Å²) in [5.74, 6) is 0. The molecule has 3 heteroatoms. The second kappa shape index (κ2) is 15.2. The maximum absolute atomic E-state index is 5.38. The van der Waals surface area contributed by atoms with Crippen LogP contribution in [-0.2, 0) is 6.42 Å². The zero-order valence-corrected chi connectivity index (χ0v) is 17.2. The van der Waals surface area contributed by atoms with Crippen molar-refractivity contribution in [2.45, 2.75) is 90.9 Å². The number of anilines is 1. The van der Waals surface area contributed by atoms with Crippen molar-refractivity contribution in [3.63, 3.8) is 0 Å². The second-order valence-corrected chi connectivity index (χ2v) is 7.42. The van der Waals surface area contributed by atoms with Crippen molar-refractivity contribution in [1.29, 1.82) is 0 Å². The Labute approximate surface area is 161 Å². The molecule has 142 valence electrons. The molecule has 2 N–H and O–H groups in total. The Morgan fingerprint density at radius 2 is 1.32 bits per heavy atom. The van der Waals surface area contributed by atoms with Crippen LogP contribution < -0.4 is 10.6 Å². The van der Waals surface area contributed by atoms with E-state index in [0.29, 0.717) is 0 Å². The minimum Gasteiger partial charge on any atom is -0.362 e. The highest BCUT2D eigenvalue weighted by Crippen LogP contribution is 2.12. The second-order valence-electron chi connectivity index (χ2n) is 7.01. The molecule has 0 aliphatic heterocycles. The van der Waals surface area contributed by atoms with E-state index in [4.69, 9.17) is 12.2 Å². The molecule has 0 heterocycles. The minimum absolute atomic E-state index is 0.737. The van der Waals surface area contributed by atoms with E-state index >= 15 is 0 Å². The predicted molar refractivity (Wildman–Crippen MR) is 117 cm³/mol. The van der Waals surface area contributed by atoms with Crippen LogP contribution in [0.1, 0.15) is 90.0 Å². The van der Waals surface area contributed by atoms with Gasteiger partial charge in [-0.15, -0.1) is 0 Å². The summed E-state index contributed by atoms with van der Waals surface area (Å²) in [4.78, 5) is 0. The normalized spacial score (nSPS) is 10.6. The lowest BCUT2D eigenvalue weighted by Crippen LogP contribution is -2.29. The van der Waals surface area contributed by atoms with Crippen LogP contribution in [0.15, 0.2) is 24.3 Å². The Balaban J connectivity index is 2.01. The first-order chi connectivity index (χ1) is 12.3. The average Bonchev–Trinajstić information content (AvgIpc) is 2.62. The molecule has 25 heavy (non-hydrogen) atoms. The zero-order valence-electron chi connectivity index (χ0n) is 16.4. The van der Waals surface area contributed by atoms with Crippen LogP contribution in [0.4, 0.5) is 5.69 Å². The van der Waals surface area contributed by atoms with Crippen molar-refractivity contribution in [3.8, 4) is 0 Å². The smallest absolute Gasteiger partial charge is 0.170 e. The van der Waals surface area contributed by atoms with E-state index in [2.05, 4.69) is 48.7 Å². The van der Waals surface area contributed by atoms with Gasteiger partial charge in [0.1, 0.15) is 0 Å². The fraction of sp³-hybridized carbons (Fsp3) is 0.682. The third kappa shape index (κ3) is 12.0. The molecule has 1 aromatic carbocycles. The molecule has 0 unspecified atom stereocenters. The Kier molecular flexibility index (Phi) is 13.3. The van der Waals surface area contributed by atoms with E-state index in [9.17, 15) is 0 Å². The van der Waals surface area contributed by atoms with E-state index in [1.54, 1.807) is 0 Å². The summed E-state index contributed by atoms with van der Waals surface area (Å²) < 4.78 is 0. The van der Waals surface area contributed by atoms with Crippen LogP contribution in [0.3, 0.4) is 0 Å². The van der Waals surface area contributed by atoms with E-state index < -0.39 is 0 Å². The van der Waals surface area contributed by atoms with Crippen LogP contribution in [0, 0.1) is 0 Å². The topological polar surface area (TPSA) is 24.1 Å². The molecule has 0 saturated heterocycles. The molecule has 2 nitrogen and oxygen atoms in total. The van der Waals surface area contributed by atoms with Gasteiger partial charge in [-0.25, -0.2) is 0 Å². The van der Waals surface area contributed by atoms with Crippen molar-refractivity contribution < 1.29 is 0 Å². The maximum atomic E-state index is 5.38. The zero-order chi connectivity index (χ0) is 18.2. The van der Waals surface area contributed by atoms with E-state index in [1.807, 2.05) is 0 Å². The number of unbranched alkanes of at least 4 members (excludes halogenated alkanes) is 9. The lowest BCUT2D eigenvalue weighted by atomic mass is 10.1. The van der Waals surface area contributed by atoms with Crippen LogP contribution in [0.2, 0.25) is 0 Å². The highest BCUT2D eigenvalue weighted by atomic mass is 32.1. The first-order valence-electron chi connectivity index (χ1n) is 10.4. The molecule has 0 amide bonds. The molecule has 0 aliphatic carbocycles.